The predicted molar refractivity (Wildman–Crippen MR) is 76.3 cm³/mol. The Balaban J connectivity index is 2.04. The van der Waals surface area contributed by atoms with Gasteiger partial charge in [0.2, 0.25) is 11.8 Å². The first-order chi connectivity index (χ1) is 9.27. The normalized spacial score (nSPS) is 19.6. The van der Waals surface area contributed by atoms with Crippen molar-refractivity contribution in [3.63, 3.8) is 0 Å². The molecule has 110 valence electrons. The van der Waals surface area contributed by atoms with Crippen molar-refractivity contribution >= 4 is 17.6 Å². The first kappa shape index (κ1) is 14.6. The van der Waals surface area contributed by atoms with Crippen molar-refractivity contribution in [2.45, 2.75) is 39.0 Å². The molecule has 2 rings (SSSR count). The summed E-state index contributed by atoms with van der Waals surface area (Å²) >= 11 is 0. The van der Waals surface area contributed by atoms with Crippen molar-refractivity contribution in [1.29, 1.82) is 0 Å². The lowest BCUT2D eigenvalue weighted by molar-refractivity contribution is -0.126. The van der Waals surface area contributed by atoms with Crippen LogP contribution in [0.3, 0.4) is 0 Å². The van der Waals surface area contributed by atoms with Gasteiger partial charge in [-0.2, -0.15) is 5.10 Å². The minimum absolute atomic E-state index is 0.0182. The van der Waals surface area contributed by atoms with Crippen LogP contribution in [-0.4, -0.2) is 28.1 Å². The van der Waals surface area contributed by atoms with Crippen LogP contribution in [0, 0.1) is 5.92 Å². The van der Waals surface area contributed by atoms with Gasteiger partial charge in [-0.05, 0) is 6.42 Å². The summed E-state index contributed by atoms with van der Waals surface area (Å²) in [5, 5.41) is 10.0. The molecule has 20 heavy (non-hydrogen) atoms. The van der Waals surface area contributed by atoms with Crippen molar-refractivity contribution in [1.82, 2.24) is 15.1 Å². The Bertz CT molecular complexity index is 518. The van der Waals surface area contributed by atoms with Gasteiger partial charge in [0.15, 0.2) is 0 Å². The number of carbonyl (C=O) groups excluding carboxylic acids is 2. The van der Waals surface area contributed by atoms with Gasteiger partial charge in [0.05, 0.1) is 11.6 Å². The third-order valence-corrected chi connectivity index (χ3v) is 3.54. The Morgan fingerprint density at radius 1 is 1.50 bits per heavy atom. The summed E-state index contributed by atoms with van der Waals surface area (Å²) in [6.45, 7) is 6.65. The summed E-state index contributed by atoms with van der Waals surface area (Å²) < 4.78 is 1.68. The van der Waals surface area contributed by atoms with Crippen LogP contribution in [0.4, 0.5) is 5.82 Å². The van der Waals surface area contributed by atoms with Gasteiger partial charge in [-0.25, -0.2) is 0 Å². The summed E-state index contributed by atoms with van der Waals surface area (Å²) in [6.07, 6.45) is 1.01. The van der Waals surface area contributed by atoms with Crippen LogP contribution in [0.25, 0.3) is 0 Å². The maximum absolute atomic E-state index is 12.2. The Morgan fingerprint density at radius 3 is 2.70 bits per heavy atom. The highest BCUT2D eigenvalue weighted by molar-refractivity contribution is 5.93. The van der Waals surface area contributed by atoms with Gasteiger partial charge in [0, 0.05) is 31.5 Å². The number of aryl methyl sites for hydroxylation is 1. The molecular formula is C14H22N4O2. The Hall–Kier alpha value is -1.85. The number of rotatable bonds is 2. The first-order valence-corrected chi connectivity index (χ1v) is 6.89. The summed E-state index contributed by atoms with van der Waals surface area (Å²) in [5.41, 5.74) is 0.881. The number of carbonyl (C=O) groups is 2. The molecular weight excluding hydrogens is 256 g/mol. The number of nitrogens with one attached hydrogen (secondary N) is 2. The van der Waals surface area contributed by atoms with Crippen molar-refractivity contribution in [3.05, 3.63) is 11.8 Å². The average molecular weight is 278 g/mol. The van der Waals surface area contributed by atoms with E-state index in [2.05, 4.69) is 36.5 Å². The van der Waals surface area contributed by atoms with Crippen LogP contribution in [0.1, 0.15) is 39.3 Å². The molecule has 0 spiro atoms. The quantitative estimate of drug-likeness (QED) is 0.853. The maximum Gasteiger partial charge on any atom is 0.230 e. The van der Waals surface area contributed by atoms with Crippen LogP contribution in [0.15, 0.2) is 6.07 Å². The molecule has 1 aliphatic rings. The lowest BCUT2D eigenvalue weighted by atomic mass is 9.92. The van der Waals surface area contributed by atoms with Crippen LogP contribution < -0.4 is 10.6 Å². The van der Waals surface area contributed by atoms with E-state index in [-0.39, 0.29) is 23.1 Å². The van der Waals surface area contributed by atoms with E-state index < -0.39 is 0 Å². The van der Waals surface area contributed by atoms with Crippen LogP contribution >= 0.6 is 0 Å². The zero-order valence-corrected chi connectivity index (χ0v) is 12.5. The van der Waals surface area contributed by atoms with E-state index in [0.29, 0.717) is 25.2 Å². The molecule has 1 aromatic heterocycles. The Labute approximate surface area is 118 Å². The summed E-state index contributed by atoms with van der Waals surface area (Å²) in [5.74, 6) is 0.482. The number of amides is 2. The number of hydrogen-bond donors (Lipinski definition) is 2. The fourth-order valence-corrected chi connectivity index (χ4v) is 2.14. The monoisotopic (exact) mass is 278 g/mol. The van der Waals surface area contributed by atoms with Crippen molar-refractivity contribution in [3.8, 4) is 0 Å². The molecule has 0 aliphatic carbocycles. The summed E-state index contributed by atoms with van der Waals surface area (Å²) in [4.78, 5) is 23.3. The highest BCUT2D eigenvalue weighted by atomic mass is 16.2. The largest absolute Gasteiger partial charge is 0.355 e. The third kappa shape index (κ3) is 3.18. The maximum atomic E-state index is 12.2. The van der Waals surface area contributed by atoms with E-state index in [1.54, 1.807) is 4.68 Å². The first-order valence-electron chi connectivity index (χ1n) is 6.89. The molecule has 2 N–H and O–H groups in total. The molecule has 6 nitrogen and oxygen atoms in total. The van der Waals surface area contributed by atoms with Gasteiger partial charge in [-0.3, -0.25) is 14.3 Å². The topological polar surface area (TPSA) is 76.0 Å². The number of piperidine rings is 1. The number of anilines is 1. The Morgan fingerprint density at radius 2 is 2.20 bits per heavy atom. The van der Waals surface area contributed by atoms with Gasteiger partial charge in [-0.15, -0.1) is 0 Å². The van der Waals surface area contributed by atoms with E-state index in [9.17, 15) is 9.59 Å². The summed E-state index contributed by atoms with van der Waals surface area (Å²) in [6, 6.07) is 1.90. The molecule has 1 atom stereocenters. The molecule has 0 aromatic carbocycles. The van der Waals surface area contributed by atoms with Crippen LogP contribution in [-0.2, 0) is 22.1 Å². The molecule has 0 bridgehead atoms. The highest BCUT2D eigenvalue weighted by Gasteiger charge is 2.26. The minimum Gasteiger partial charge on any atom is -0.355 e. The summed E-state index contributed by atoms with van der Waals surface area (Å²) in [7, 11) is 1.81. The van der Waals surface area contributed by atoms with E-state index in [4.69, 9.17) is 0 Å². The SMILES string of the molecule is Cn1nc(C(C)(C)C)cc1NC(=O)[C@@H]1CCC(=O)NC1. The predicted octanol–water partition coefficient (Wildman–Crippen LogP) is 1.18. The number of hydrogen-bond acceptors (Lipinski definition) is 3. The standard InChI is InChI=1S/C14H22N4O2/c1-14(2,3)10-7-11(18(4)17-10)16-13(20)9-5-6-12(19)15-8-9/h7,9H,5-6,8H2,1-4H3,(H,15,19)(H,16,20)/t9-/m1/s1. The average Bonchev–Trinajstić information content (AvgIpc) is 2.71. The minimum atomic E-state index is -0.166. The molecule has 1 aromatic rings. The molecule has 1 aliphatic heterocycles. The number of aromatic nitrogens is 2. The van der Waals surface area contributed by atoms with E-state index >= 15 is 0 Å². The highest BCUT2D eigenvalue weighted by Crippen LogP contribution is 2.24. The zero-order valence-electron chi connectivity index (χ0n) is 12.5. The molecule has 0 radical (unpaired) electrons. The fraction of sp³-hybridized carbons (Fsp3) is 0.643. The molecule has 2 heterocycles. The van der Waals surface area contributed by atoms with Gasteiger partial charge in [0.1, 0.15) is 5.82 Å². The zero-order chi connectivity index (χ0) is 14.9. The second kappa shape index (κ2) is 5.26. The van der Waals surface area contributed by atoms with Gasteiger partial charge < -0.3 is 10.6 Å². The second-order valence-corrected chi connectivity index (χ2v) is 6.32. The van der Waals surface area contributed by atoms with E-state index in [1.807, 2.05) is 13.1 Å². The molecule has 2 amide bonds. The van der Waals surface area contributed by atoms with Crippen LogP contribution in [0.5, 0.6) is 0 Å². The molecule has 1 saturated heterocycles. The van der Waals surface area contributed by atoms with Crippen molar-refractivity contribution in [2.24, 2.45) is 13.0 Å². The smallest absolute Gasteiger partial charge is 0.230 e. The van der Waals surface area contributed by atoms with Crippen molar-refractivity contribution < 1.29 is 9.59 Å². The lowest BCUT2D eigenvalue weighted by Crippen LogP contribution is -2.40. The molecule has 6 heteroatoms. The molecule has 1 fully saturated rings. The van der Waals surface area contributed by atoms with Gasteiger partial charge in [0.25, 0.3) is 0 Å². The van der Waals surface area contributed by atoms with Gasteiger partial charge >= 0.3 is 0 Å². The van der Waals surface area contributed by atoms with Gasteiger partial charge in [-0.1, -0.05) is 20.8 Å². The lowest BCUT2D eigenvalue weighted by Gasteiger charge is -2.21. The number of nitrogens with zero attached hydrogens (tertiary/aromatic N) is 2. The fourth-order valence-electron chi connectivity index (χ4n) is 2.14. The molecule has 0 unspecified atom stereocenters. The second-order valence-electron chi connectivity index (χ2n) is 6.32. The third-order valence-electron chi connectivity index (χ3n) is 3.54. The van der Waals surface area contributed by atoms with E-state index in [1.165, 1.54) is 0 Å². The van der Waals surface area contributed by atoms with E-state index in [0.717, 1.165) is 5.69 Å². The van der Waals surface area contributed by atoms with Crippen LogP contribution in [0.2, 0.25) is 0 Å². The van der Waals surface area contributed by atoms with Crippen molar-refractivity contribution in [2.75, 3.05) is 11.9 Å². The Kier molecular flexibility index (Phi) is 3.83. The molecule has 0 saturated carbocycles.